The van der Waals surface area contributed by atoms with Gasteiger partial charge in [0.2, 0.25) is 15.9 Å². The van der Waals surface area contributed by atoms with Crippen LogP contribution in [0.2, 0.25) is 0 Å². The lowest BCUT2D eigenvalue weighted by Crippen LogP contribution is -2.33. The van der Waals surface area contributed by atoms with Crippen molar-refractivity contribution in [1.29, 1.82) is 0 Å². The molecule has 7 heteroatoms. The number of rotatable bonds is 2. The minimum Gasteiger partial charge on any atom is -0.481 e. The average molecular weight is 219 g/mol. The van der Waals surface area contributed by atoms with Gasteiger partial charge in [-0.15, -0.1) is 0 Å². The summed E-state index contributed by atoms with van der Waals surface area (Å²) >= 11 is 0. The largest absolute Gasteiger partial charge is 0.481 e. The van der Waals surface area contributed by atoms with Gasteiger partial charge in [-0.2, -0.15) is 0 Å². The zero-order chi connectivity index (χ0) is 10.5. The van der Waals surface area contributed by atoms with Gasteiger partial charge in [-0.25, -0.2) is 12.7 Å². The lowest BCUT2D eigenvalue weighted by Gasteiger charge is -2.13. The molecule has 0 aromatic carbocycles. The molecule has 6 nitrogen and oxygen atoms in total. The molecule has 1 N–H and O–H groups in total. The van der Waals surface area contributed by atoms with Crippen LogP contribution in [0.4, 0.5) is 0 Å². The van der Waals surface area contributed by atoms with Crippen LogP contribution in [0.1, 0.15) is 12.8 Å². The number of hydrogen-bond donors (Lipinski definition) is 1. The van der Waals surface area contributed by atoms with E-state index in [1.54, 1.807) is 0 Å². The van der Waals surface area contributed by atoms with Gasteiger partial charge in [0.25, 0.3) is 0 Å². The normalized spacial score (nSPS) is 34.6. The lowest BCUT2D eigenvalue weighted by atomic mass is 10.4. The van der Waals surface area contributed by atoms with Gasteiger partial charge >= 0.3 is 5.97 Å². The summed E-state index contributed by atoms with van der Waals surface area (Å²) in [5, 5.41) is 8.61. The molecule has 1 amide bonds. The number of carbonyl (C=O) groups is 2. The van der Waals surface area contributed by atoms with Crippen molar-refractivity contribution in [2.45, 2.75) is 18.9 Å². The molecule has 0 bridgehead atoms. The molecule has 78 valence electrons. The number of hydrogen-bond acceptors (Lipinski definition) is 4. The fourth-order valence-electron chi connectivity index (χ4n) is 1.68. The van der Waals surface area contributed by atoms with Crippen LogP contribution in [-0.4, -0.2) is 41.5 Å². The maximum absolute atomic E-state index is 11.3. The zero-order valence-electron chi connectivity index (χ0n) is 7.21. The highest BCUT2D eigenvalue weighted by molar-refractivity contribution is 7.90. The number of aliphatic carboxylic acids is 1. The Morgan fingerprint density at radius 2 is 2.14 bits per heavy atom. The number of carboxylic acids is 1. The summed E-state index contributed by atoms with van der Waals surface area (Å²) in [6.07, 6.45) is 0.228. The molecule has 2 aliphatic rings. The minimum absolute atomic E-state index is 0.0226. The van der Waals surface area contributed by atoms with E-state index >= 15 is 0 Å². The average Bonchev–Trinajstić information content (AvgIpc) is 2.76. The highest BCUT2D eigenvalue weighted by Gasteiger charge is 2.54. The van der Waals surface area contributed by atoms with Crippen molar-refractivity contribution in [2.75, 3.05) is 5.75 Å². The van der Waals surface area contributed by atoms with E-state index < -0.39 is 33.9 Å². The first-order valence-corrected chi connectivity index (χ1v) is 5.82. The van der Waals surface area contributed by atoms with E-state index in [0.29, 0.717) is 0 Å². The Labute approximate surface area is 80.6 Å². The molecule has 1 heterocycles. The van der Waals surface area contributed by atoms with Crippen LogP contribution in [-0.2, 0) is 19.6 Å². The summed E-state index contributed by atoms with van der Waals surface area (Å²) in [4.78, 5) is 21.7. The smallest absolute Gasteiger partial charge is 0.308 e. The summed E-state index contributed by atoms with van der Waals surface area (Å²) in [7, 11) is -3.52. The molecule has 0 radical (unpaired) electrons. The zero-order valence-corrected chi connectivity index (χ0v) is 8.03. The molecule has 2 unspecified atom stereocenters. The molecule has 0 aromatic heterocycles. The van der Waals surface area contributed by atoms with Crippen molar-refractivity contribution >= 4 is 21.9 Å². The second-order valence-electron chi connectivity index (χ2n) is 3.50. The van der Waals surface area contributed by atoms with Gasteiger partial charge in [-0.1, -0.05) is 0 Å². The Morgan fingerprint density at radius 3 is 2.50 bits per heavy atom. The SMILES string of the molecule is O=C(O)C1CC1N1C(=O)CCS1(=O)=O. The minimum atomic E-state index is -3.52. The number of amides is 1. The van der Waals surface area contributed by atoms with Crippen LogP contribution in [0.15, 0.2) is 0 Å². The van der Waals surface area contributed by atoms with Gasteiger partial charge in [0.15, 0.2) is 0 Å². The van der Waals surface area contributed by atoms with E-state index in [-0.39, 0.29) is 18.6 Å². The fourth-order valence-corrected chi connectivity index (χ4v) is 3.35. The monoisotopic (exact) mass is 219 g/mol. The number of sulfonamides is 1. The Bertz CT molecular complexity index is 400. The van der Waals surface area contributed by atoms with Crippen molar-refractivity contribution < 1.29 is 23.1 Å². The topological polar surface area (TPSA) is 91.8 Å². The lowest BCUT2D eigenvalue weighted by molar-refractivity contribution is -0.138. The third kappa shape index (κ3) is 1.28. The summed E-state index contributed by atoms with van der Waals surface area (Å²) in [6, 6.07) is -0.632. The molecule has 14 heavy (non-hydrogen) atoms. The second-order valence-corrected chi connectivity index (χ2v) is 5.47. The van der Waals surface area contributed by atoms with Gasteiger partial charge in [-0.05, 0) is 6.42 Å². The predicted octanol–water partition coefficient (Wildman–Crippen LogP) is -0.978. The highest BCUT2D eigenvalue weighted by atomic mass is 32.2. The molecule has 1 saturated heterocycles. The first kappa shape index (κ1) is 9.45. The van der Waals surface area contributed by atoms with Crippen molar-refractivity contribution in [2.24, 2.45) is 5.92 Å². The summed E-state index contributed by atoms with van der Waals surface area (Å²) < 4.78 is 23.4. The maximum atomic E-state index is 11.3. The van der Waals surface area contributed by atoms with Crippen molar-refractivity contribution in [1.82, 2.24) is 4.31 Å². The summed E-state index contributed by atoms with van der Waals surface area (Å²) in [5.41, 5.74) is 0. The standard InChI is InChI=1S/C7H9NO5S/c9-6-1-2-14(12,13)8(6)5-3-4(5)7(10)11/h4-5H,1-3H2,(H,10,11). The van der Waals surface area contributed by atoms with Gasteiger partial charge in [0.05, 0.1) is 17.7 Å². The van der Waals surface area contributed by atoms with E-state index in [9.17, 15) is 18.0 Å². The third-order valence-electron chi connectivity index (χ3n) is 2.49. The summed E-state index contributed by atoms with van der Waals surface area (Å²) in [6.45, 7) is 0. The third-order valence-corrected chi connectivity index (χ3v) is 4.29. The van der Waals surface area contributed by atoms with E-state index in [1.807, 2.05) is 0 Å². The van der Waals surface area contributed by atoms with Gasteiger partial charge in [-0.3, -0.25) is 9.59 Å². The first-order valence-electron chi connectivity index (χ1n) is 4.21. The number of carboxylic acid groups (broad SMARTS) is 1. The van der Waals surface area contributed by atoms with Crippen LogP contribution in [0.5, 0.6) is 0 Å². The predicted molar refractivity (Wildman–Crippen MR) is 44.8 cm³/mol. The van der Waals surface area contributed by atoms with Crippen LogP contribution in [0.25, 0.3) is 0 Å². The van der Waals surface area contributed by atoms with Crippen molar-refractivity contribution in [3.05, 3.63) is 0 Å². The van der Waals surface area contributed by atoms with Crippen LogP contribution >= 0.6 is 0 Å². The summed E-state index contributed by atoms with van der Waals surface area (Å²) in [5.74, 6) is -2.40. The van der Waals surface area contributed by atoms with Gasteiger partial charge < -0.3 is 5.11 Å². The Morgan fingerprint density at radius 1 is 1.50 bits per heavy atom. The van der Waals surface area contributed by atoms with Crippen molar-refractivity contribution in [3.63, 3.8) is 0 Å². The van der Waals surface area contributed by atoms with Gasteiger partial charge in [0.1, 0.15) is 0 Å². The van der Waals surface area contributed by atoms with Crippen LogP contribution in [0, 0.1) is 5.92 Å². The Hall–Kier alpha value is -1.11. The van der Waals surface area contributed by atoms with Gasteiger partial charge in [0, 0.05) is 6.42 Å². The number of nitrogens with zero attached hydrogens (tertiary/aromatic N) is 1. The first-order chi connectivity index (χ1) is 6.43. The molecule has 1 saturated carbocycles. The molecule has 0 spiro atoms. The Balaban J connectivity index is 2.20. The number of carbonyl (C=O) groups excluding carboxylic acids is 1. The van der Waals surface area contributed by atoms with E-state index in [2.05, 4.69) is 0 Å². The van der Waals surface area contributed by atoms with Crippen LogP contribution < -0.4 is 0 Å². The quantitative estimate of drug-likeness (QED) is 0.644. The molecule has 2 atom stereocenters. The molecule has 2 fully saturated rings. The highest BCUT2D eigenvalue weighted by Crippen LogP contribution is 2.39. The van der Waals surface area contributed by atoms with E-state index in [1.165, 1.54) is 0 Å². The molecule has 2 rings (SSSR count). The molecule has 0 aromatic rings. The van der Waals surface area contributed by atoms with Crippen molar-refractivity contribution in [3.8, 4) is 0 Å². The van der Waals surface area contributed by atoms with E-state index in [0.717, 1.165) is 4.31 Å². The molecule has 1 aliphatic heterocycles. The molecular weight excluding hydrogens is 210 g/mol. The second kappa shape index (κ2) is 2.69. The molecular formula is C7H9NO5S. The molecule has 1 aliphatic carbocycles. The fraction of sp³-hybridized carbons (Fsp3) is 0.714. The Kier molecular flexibility index (Phi) is 1.82. The van der Waals surface area contributed by atoms with E-state index in [4.69, 9.17) is 5.11 Å². The maximum Gasteiger partial charge on any atom is 0.308 e. The van der Waals surface area contributed by atoms with Crippen LogP contribution in [0.3, 0.4) is 0 Å².